The van der Waals surface area contributed by atoms with E-state index >= 15 is 0 Å². The van der Waals surface area contributed by atoms with E-state index in [0.29, 0.717) is 60.4 Å². The molecule has 0 bridgehead atoms. The summed E-state index contributed by atoms with van der Waals surface area (Å²) in [5.41, 5.74) is 1.44. The molecule has 5 rings (SSSR count). The van der Waals surface area contributed by atoms with Crippen molar-refractivity contribution in [2.75, 3.05) is 25.2 Å². The van der Waals surface area contributed by atoms with Crippen molar-refractivity contribution in [2.45, 2.75) is 32.2 Å². The minimum absolute atomic E-state index is 0.0615. The molecule has 182 valence electrons. The maximum absolute atomic E-state index is 13.2. The fourth-order valence-corrected chi connectivity index (χ4v) is 4.43. The van der Waals surface area contributed by atoms with Crippen LogP contribution in [0.15, 0.2) is 42.5 Å². The number of hydrogen-bond donors (Lipinski definition) is 1. The van der Waals surface area contributed by atoms with Crippen molar-refractivity contribution in [3.8, 4) is 22.9 Å². The molecule has 2 aliphatic heterocycles. The predicted molar refractivity (Wildman–Crippen MR) is 128 cm³/mol. The summed E-state index contributed by atoms with van der Waals surface area (Å²) in [6, 6.07) is 11.9. The first-order valence-electron chi connectivity index (χ1n) is 11.6. The van der Waals surface area contributed by atoms with Crippen molar-refractivity contribution in [1.82, 2.24) is 25.1 Å². The van der Waals surface area contributed by atoms with Crippen LogP contribution in [0.2, 0.25) is 5.02 Å². The average Bonchev–Trinajstić information content (AvgIpc) is 3.55. The molecule has 10 nitrogen and oxygen atoms in total. The van der Waals surface area contributed by atoms with Crippen LogP contribution in [0.4, 0.5) is 5.69 Å². The molecule has 0 aliphatic carbocycles. The molecule has 11 heteroatoms. The summed E-state index contributed by atoms with van der Waals surface area (Å²) in [5.74, 6) is 1.42. The van der Waals surface area contributed by atoms with E-state index in [2.05, 4.69) is 20.7 Å². The molecule has 3 aromatic rings. The number of tetrazole rings is 1. The Hall–Kier alpha value is -3.66. The molecule has 0 unspecified atom stereocenters. The second-order valence-electron chi connectivity index (χ2n) is 8.52. The third-order valence-electron chi connectivity index (χ3n) is 6.30. The molecule has 0 spiro atoms. The first kappa shape index (κ1) is 23.1. The molecule has 2 aliphatic rings. The van der Waals surface area contributed by atoms with E-state index in [0.717, 1.165) is 5.56 Å². The number of piperidine rings is 1. The average molecular weight is 497 g/mol. The van der Waals surface area contributed by atoms with Gasteiger partial charge in [-0.1, -0.05) is 18.5 Å². The van der Waals surface area contributed by atoms with Crippen molar-refractivity contribution in [2.24, 2.45) is 5.92 Å². The van der Waals surface area contributed by atoms with Gasteiger partial charge in [-0.25, -0.2) is 0 Å². The lowest BCUT2D eigenvalue weighted by atomic mass is 9.95. The number of fused-ring (bicyclic) bond motifs is 1. The quantitative estimate of drug-likeness (QED) is 0.555. The molecule has 1 saturated heterocycles. The topological polar surface area (TPSA) is 111 Å². The number of rotatable bonds is 6. The van der Waals surface area contributed by atoms with Gasteiger partial charge in [0.15, 0.2) is 17.5 Å². The molecule has 3 heterocycles. The molecule has 2 aromatic carbocycles. The zero-order valence-electron chi connectivity index (χ0n) is 19.2. The molecule has 2 amide bonds. The second kappa shape index (κ2) is 9.91. The number of nitrogens with one attached hydrogen (secondary N) is 1. The number of carbonyl (C=O) groups excluding carboxylic acids is 2. The number of halogens is 1. The number of hydrogen-bond acceptors (Lipinski definition) is 7. The van der Waals surface area contributed by atoms with Gasteiger partial charge in [-0.3, -0.25) is 9.59 Å². The van der Waals surface area contributed by atoms with Gasteiger partial charge in [0.2, 0.25) is 24.4 Å². The number of anilines is 1. The maximum atomic E-state index is 13.2. The van der Waals surface area contributed by atoms with E-state index in [1.165, 1.54) is 4.80 Å². The lowest BCUT2D eigenvalue weighted by molar-refractivity contribution is -0.138. The maximum Gasteiger partial charge on any atom is 0.249 e. The summed E-state index contributed by atoms with van der Waals surface area (Å²) in [5, 5.41) is 16.2. The highest BCUT2D eigenvalue weighted by Gasteiger charge is 2.32. The minimum Gasteiger partial charge on any atom is -0.454 e. The summed E-state index contributed by atoms with van der Waals surface area (Å²) in [4.78, 5) is 29.2. The van der Waals surface area contributed by atoms with E-state index < -0.39 is 6.04 Å². The zero-order valence-corrected chi connectivity index (χ0v) is 19.9. The van der Waals surface area contributed by atoms with Crippen molar-refractivity contribution in [3.05, 3.63) is 47.5 Å². The number of carbonyl (C=O) groups is 2. The normalized spacial score (nSPS) is 16.2. The Morgan fingerprint density at radius 3 is 2.60 bits per heavy atom. The molecular weight excluding hydrogens is 472 g/mol. The van der Waals surface area contributed by atoms with E-state index in [9.17, 15) is 9.59 Å². The summed E-state index contributed by atoms with van der Waals surface area (Å²) >= 11 is 5.95. The second-order valence-corrected chi connectivity index (χ2v) is 8.96. The van der Waals surface area contributed by atoms with Crippen molar-refractivity contribution in [1.29, 1.82) is 0 Å². The lowest BCUT2D eigenvalue weighted by Gasteiger charge is -2.33. The van der Waals surface area contributed by atoms with Crippen molar-refractivity contribution >= 4 is 29.1 Å². The van der Waals surface area contributed by atoms with Gasteiger partial charge in [-0.15, -0.1) is 10.2 Å². The number of likely N-dealkylation sites (tertiary alicyclic amines) is 1. The molecule has 0 saturated carbocycles. The summed E-state index contributed by atoms with van der Waals surface area (Å²) in [6.45, 7) is 3.09. The smallest absolute Gasteiger partial charge is 0.249 e. The Labute approximate surface area is 207 Å². The molecule has 1 atom stereocenters. The minimum atomic E-state index is -0.553. The van der Waals surface area contributed by atoms with Gasteiger partial charge in [0.05, 0.1) is 0 Å². The SMILES string of the molecule is CC[C@@H](C(=O)N1CCC(C(=O)Nc2ccc3c(c2)OCO3)CC1)n1nnc(-c2ccc(Cl)cc2)n1. The molecule has 1 N–H and O–H groups in total. The van der Waals surface area contributed by atoms with Gasteiger partial charge >= 0.3 is 0 Å². The molecule has 35 heavy (non-hydrogen) atoms. The Kier molecular flexibility index (Phi) is 6.54. The Morgan fingerprint density at radius 2 is 1.86 bits per heavy atom. The van der Waals surface area contributed by atoms with Crippen LogP contribution in [0.25, 0.3) is 11.4 Å². The lowest BCUT2D eigenvalue weighted by Crippen LogP contribution is -2.44. The summed E-state index contributed by atoms with van der Waals surface area (Å²) < 4.78 is 10.7. The summed E-state index contributed by atoms with van der Waals surface area (Å²) in [6.07, 6.45) is 1.69. The molecule has 0 radical (unpaired) electrons. The monoisotopic (exact) mass is 496 g/mol. The summed E-state index contributed by atoms with van der Waals surface area (Å²) in [7, 11) is 0. The van der Waals surface area contributed by atoms with Crippen LogP contribution in [0, 0.1) is 5.92 Å². The molecule has 1 fully saturated rings. The van der Waals surface area contributed by atoms with E-state index in [-0.39, 0.29) is 24.5 Å². The number of benzene rings is 2. The highest BCUT2D eigenvalue weighted by Crippen LogP contribution is 2.34. The van der Waals surface area contributed by atoms with Crippen molar-refractivity contribution < 1.29 is 19.1 Å². The van der Waals surface area contributed by atoms with E-state index in [4.69, 9.17) is 21.1 Å². The number of amides is 2. The Morgan fingerprint density at radius 1 is 1.11 bits per heavy atom. The van der Waals surface area contributed by atoms with Gasteiger partial charge in [0, 0.05) is 41.3 Å². The van der Waals surface area contributed by atoms with Gasteiger partial charge < -0.3 is 19.7 Å². The number of ether oxygens (including phenoxy) is 2. The largest absolute Gasteiger partial charge is 0.454 e. The molecule has 1 aromatic heterocycles. The van der Waals surface area contributed by atoms with E-state index in [1.54, 1.807) is 35.2 Å². The molecular formula is C24H25ClN6O4. The standard InChI is InChI=1S/C24H25ClN6O4/c1-2-19(31-28-22(27-29-31)15-3-5-17(25)6-4-15)24(33)30-11-9-16(10-12-30)23(32)26-18-7-8-20-21(13-18)35-14-34-20/h3-8,13,16,19H,2,9-12,14H2,1H3,(H,26,32)/t19-/m0/s1. The first-order chi connectivity index (χ1) is 17.0. The van der Waals surface area contributed by atoms with Gasteiger partial charge in [0.1, 0.15) is 0 Å². The van der Waals surface area contributed by atoms with Crippen LogP contribution in [-0.4, -0.2) is 56.8 Å². The van der Waals surface area contributed by atoms with Crippen LogP contribution in [0.3, 0.4) is 0 Å². The number of aromatic nitrogens is 4. The van der Waals surface area contributed by atoms with Crippen LogP contribution >= 0.6 is 11.6 Å². The number of nitrogens with zero attached hydrogens (tertiary/aromatic N) is 5. The van der Waals surface area contributed by atoms with Crippen LogP contribution in [0.1, 0.15) is 32.2 Å². The van der Waals surface area contributed by atoms with Crippen LogP contribution in [0.5, 0.6) is 11.5 Å². The van der Waals surface area contributed by atoms with E-state index in [1.807, 2.05) is 19.1 Å². The third-order valence-corrected chi connectivity index (χ3v) is 6.55. The Bertz CT molecular complexity index is 1220. The third kappa shape index (κ3) is 4.93. The highest BCUT2D eigenvalue weighted by molar-refractivity contribution is 6.30. The zero-order chi connectivity index (χ0) is 24.4. The highest BCUT2D eigenvalue weighted by atomic mass is 35.5. The van der Waals surface area contributed by atoms with Gasteiger partial charge in [0.25, 0.3) is 0 Å². The van der Waals surface area contributed by atoms with Gasteiger partial charge in [-0.05, 0) is 60.9 Å². The fourth-order valence-electron chi connectivity index (χ4n) is 4.30. The Balaban J connectivity index is 1.18. The van der Waals surface area contributed by atoms with Crippen molar-refractivity contribution in [3.63, 3.8) is 0 Å². The first-order valence-corrected chi connectivity index (χ1v) is 11.9. The van der Waals surface area contributed by atoms with Gasteiger partial charge in [-0.2, -0.15) is 4.80 Å². The predicted octanol–water partition coefficient (Wildman–Crippen LogP) is 3.55. The van der Waals surface area contributed by atoms with Crippen LogP contribution in [-0.2, 0) is 9.59 Å². The van der Waals surface area contributed by atoms with Crippen LogP contribution < -0.4 is 14.8 Å². The fraction of sp³-hybridized carbons (Fsp3) is 0.375.